The Labute approximate surface area is 115 Å². The third-order valence-corrected chi connectivity index (χ3v) is 6.11. The van der Waals surface area contributed by atoms with Gasteiger partial charge in [0.2, 0.25) is 15.2 Å². The lowest BCUT2D eigenvalue weighted by atomic mass is 10.6. The van der Waals surface area contributed by atoms with E-state index in [1.54, 1.807) is 16.1 Å². The third kappa shape index (κ3) is 3.81. The molecule has 0 spiro atoms. The first-order chi connectivity index (χ1) is 8.58. The van der Waals surface area contributed by atoms with E-state index in [2.05, 4.69) is 14.7 Å². The molecule has 9 heteroatoms. The fourth-order valence-electron chi connectivity index (χ4n) is 1.61. The van der Waals surface area contributed by atoms with Crippen LogP contribution in [0, 0.1) is 6.92 Å². The van der Waals surface area contributed by atoms with Crippen LogP contribution >= 0.6 is 23.3 Å². The van der Waals surface area contributed by atoms with E-state index in [-0.39, 0.29) is 5.75 Å². The Hall–Kier alpha value is -0.380. The van der Waals surface area contributed by atoms with Gasteiger partial charge in [-0.1, -0.05) is 0 Å². The zero-order valence-corrected chi connectivity index (χ0v) is 12.6. The van der Waals surface area contributed by atoms with Crippen LogP contribution in [0.1, 0.15) is 5.82 Å². The van der Waals surface area contributed by atoms with Crippen LogP contribution < -0.4 is 5.32 Å². The van der Waals surface area contributed by atoms with E-state index in [0.29, 0.717) is 30.6 Å². The van der Waals surface area contributed by atoms with E-state index in [4.69, 9.17) is 0 Å². The van der Waals surface area contributed by atoms with E-state index in [0.717, 1.165) is 11.5 Å². The van der Waals surface area contributed by atoms with Gasteiger partial charge < -0.3 is 5.32 Å². The Balaban J connectivity index is 1.81. The second-order valence-corrected chi connectivity index (χ2v) is 7.97. The van der Waals surface area contributed by atoms with Crippen LogP contribution in [0.4, 0.5) is 5.13 Å². The molecule has 0 bridgehead atoms. The first-order valence-electron chi connectivity index (χ1n) is 5.68. The lowest BCUT2D eigenvalue weighted by Gasteiger charge is -2.25. The van der Waals surface area contributed by atoms with E-state index in [9.17, 15) is 8.42 Å². The zero-order chi connectivity index (χ0) is 13.0. The highest BCUT2D eigenvalue weighted by molar-refractivity contribution is 7.99. The molecule has 0 radical (unpaired) electrons. The topological polar surface area (TPSA) is 75.2 Å². The van der Waals surface area contributed by atoms with Crippen molar-refractivity contribution in [3.05, 3.63) is 5.82 Å². The fraction of sp³-hybridized carbons (Fsp3) is 0.778. The summed E-state index contributed by atoms with van der Waals surface area (Å²) < 4.78 is 29.7. The van der Waals surface area contributed by atoms with Gasteiger partial charge in [0.25, 0.3) is 0 Å². The van der Waals surface area contributed by atoms with Gasteiger partial charge in [0, 0.05) is 42.7 Å². The van der Waals surface area contributed by atoms with Crippen molar-refractivity contribution in [2.75, 3.05) is 42.2 Å². The maximum Gasteiger partial charge on any atom is 0.215 e. The smallest absolute Gasteiger partial charge is 0.215 e. The van der Waals surface area contributed by atoms with Crippen LogP contribution in [0.25, 0.3) is 0 Å². The predicted octanol–water partition coefficient (Wildman–Crippen LogP) is 0.637. The van der Waals surface area contributed by atoms with E-state index in [1.165, 1.54) is 11.5 Å². The molecule has 0 aliphatic carbocycles. The minimum Gasteiger partial charge on any atom is -0.359 e. The number of thioether (sulfide) groups is 1. The number of anilines is 1. The minimum atomic E-state index is -3.13. The molecule has 1 saturated heterocycles. The first-order valence-corrected chi connectivity index (χ1v) is 9.21. The Morgan fingerprint density at radius 1 is 1.39 bits per heavy atom. The summed E-state index contributed by atoms with van der Waals surface area (Å²) in [4.78, 5) is 4.13. The summed E-state index contributed by atoms with van der Waals surface area (Å²) in [6.45, 7) is 3.44. The van der Waals surface area contributed by atoms with Gasteiger partial charge in [0.1, 0.15) is 5.82 Å². The number of aromatic nitrogens is 2. The number of hydrogen-bond acceptors (Lipinski definition) is 7. The highest BCUT2D eigenvalue weighted by Crippen LogP contribution is 2.14. The van der Waals surface area contributed by atoms with Gasteiger partial charge in [-0.2, -0.15) is 16.1 Å². The van der Waals surface area contributed by atoms with Crippen molar-refractivity contribution in [1.29, 1.82) is 0 Å². The standard InChI is InChI=1S/C9H16N4O2S3/c1-8-11-9(17-12-8)10-2-7-18(14,15)13-3-5-16-6-4-13/h2-7H2,1H3,(H,10,11,12). The minimum absolute atomic E-state index is 0.107. The summed E-state index contributed by atoms with van der Waals surface area (Å²) in [7, 11) is -3.13. The molecule has 18 heavy (non-hydrogen) atoms. The highest BCUT2D eigenvalue weighted by atomic mass is 32.2. The lowest BCUT2D eigenvalue weighted by Crippen LogP contribution is -2.40. The molecule has 2 rings (SSSR count). The normalized spacial score (nSPS) is 17.8. The van der Waals surface area contributed by atoms with E-state index >= 15 is 0 Å². The maximum absolute atomic E-state index is 12.0. The molecule has 1 aromatic heterocycles. The average molecular weight is 308 g/mol. The van der Waals surface area contributed by atoms with E-state index in [1.807, 2.05) is 6.92 Å². The van der Waals surface area contributed by atoms with Crippen LogP contribution in [0.15, 0.2) is 0 Å². The van der Waals surface area contributed by atoms with Crippen LogP contribution in [-0.4, -0.2) is 59.0 Å². The number of aryl methyl sites for hydroxylation is 1. The van der Waals surface area contributed by atoms with Gasteiger partial charge >= 0.3 is 0 Å². The van der Waals surface area contributed by atoms with Gasteiger partial charge in [-0.25, -0.2) is 17.7 Å². The van der Waals surface area contributed by atoms with Crippen molar-refractivity contribution in [3.8, 4) is 0 Å². The van der Waals surface area contributed by atoms with Crippen molar-refractivity contribution in [1.82, 2.24) is 13.7 Å². The quantitative estimate of drug-likeness (QED) is 0.860. The lowest BCUT2D eigenvalue weighted by molar-refractivity contribution is 0.444. The van der Waals surface area contributed by atoms with Gasteiger partial charge in [0.15, 0.2) is 0 Å². The Morgan fingerprint density at radius 3 is 2.72 bits per heavy atom. The van der Waals surface area contributed by atoms with Gasteiger partial charge in [0.05, 0.1) is 5.75 Å². The molecule has 0 amide bonds. The van der Waals surface area contributed by atoms with Crippen molar-refractivity contribution in [2.24, 2.45) is 0 Å². The molecular formula is C9H16N4O2S3. The predicted molar refractivity (Wildman–Crippen MR) is 75.8 cm³/mol. The summed E-state index contributed by atoms with van der Waals surface area (Å²) in [5.74, 6) is 2.60. The average Bonchev–Trinajstić information content (AvgIpc) is 2.76. The molecule has 1 aliphatic heterocycles. The second-order valence-electron chi connectivity index (χ2n) is 3.90. The third-order valence-electron chi connectivity index (χ3n) is 2.53. The van der Waals surface area contributed by atoms with Crippen molar-refractivity contribution in [3.63, 3.8) is 0 Å². The summed E-state index contributed by atoms with van der Waals surface area (Å²) >= 11 is 3.05. The summed E-state index contributed by atoms with van der Waals surface area (Å²) in [5, 5.41) is 3.67. The molecule has 0 saturated carbocycles. The van der Waals surface area contributed by atoms with Crippen LogP contribution in [-0.2, 0) is 10.0 Å². The first kappa shape index (κ1) is 14.0. The Morgan fingerprint density at radius 2 is 2.11 bits per heavy atom. The van der Waals surface area contributed by atoms with Crippen LogP contribution in [0.3, 0.4) is 0 Å². The molecule has 0 aromatic carbocycles. The van der Waals surface area contributed by atoms with Crippen LogP contribution in [0.5, 0.6) is 0 Å². The van der Waals surface area contributed by atoms with Gasteiger partial charge in [-0.3, -0.25) is 0 Å². The number of hydrogen-bond donors (Lipinski definition) is 1. The van der Waals surface area contributed by atoms with Crippen molar-refractivity contribution < 1.29 is 8.42 Å². The molecule has 1 N–H and O–H groups in total. The highest BCUT2D eigenvalue weighted by Gasteiger charge is 2.23. The Bertz CT molecular complexity index is 482. The Kier molecular flexibility index (Phi) is 4.82. The number of sulfonamides is 1. The van der Waals surface area contributed by atoms with Crippen LogP contribution in [0.2, 0.25) is 0 Å². The summed E-state index contributed by atoms with van der Waals surface area (Å²) in [5.41, 5.74) is 0. The molecule has 1 aromatic rings. The molecule has 0 atom stereocenters. The molecule has 0 unspecified atom stereocenters. The number of rotatable bonds is 5. The van der Waals surface area contributed by atoms with Gasteiger partial charge in [-0.05, 0) is 6.92 Å². The maximum atomic E-state index is 12.0. The van der Waals surface area contributed by atoms with Crippen molar-refractivity contribution >= 4 is 38.4 Å². The fourth-order valence-corrected chi connectivity index (χ4v) is 4.70. The monoisotopic (exact) mass is 308 g/mol. The largest absolute Gasteiger partial charge is 0.359 e. The SMILES string of the molecule is Cc1nsc(NCCS(=O)(=O)N2CCSCC2)n1. The summed E-state index contributed by atoms with van der Waals surface area (Å²) in [6, 6.07) is 0. The number of nitrogens with zero attached hydrogens (tertiary/aromatic N) is 3. The molecule has 1 aliphatic rings. The summed E-state index contributed by atoms with van der Waals surface area (Å²) in [6.07, 6.45) is 0. The zero-order valence-electron chi connectivity index (χ0n) is 10.1. The number of nitrogens with one attached hydrogen (secondary N) is 1. The molecule has 102 valence electrons. The van der Waals surface area contributed by atoms with E-state index < -0.39 is 10.0 Å². The molecule has 6 nitrogen and oxygen atoms in total. The molecular weight excluding hydrogens is 292 g/mol. The van der Waals surface area contributed by atoms with Crippen molar-refractivity contribution in [2.45, 2.75) is 6.92 Å². The van der Waals surface area contributed by atoms with Gasteiger partial charge in [-0.15, -0.1) is 0 Å². The second kappa shape index (κ2) is 6.18. The molecule has 2 heterocycles. The molecule has 1 fully saturated rings.